The zero-order valence-corrected chi connectivity index (χ0v) is 21.3. The van der Waals surface area contributed by atoms with Crippen molar-refractivity contribution in [1.29, 1.82) is 0 Å². The average molecular weight is 492 g/mol. The second kappa shape index (κ2) is 12.0. The molecule has 4 rings (SSSR count). The van der Waals surface area contributed by atoms with Gasteiger partial charge in [-0.25, -0.2) is 0 Å². The van der Waals surface area contributed by atoms with Gasteiger partial charge in [0.15, 0.2) is 11.0 Å². The number of aryl methyl sites for hydroxylation is 2. The van der Waals surface area contributed by atoms with E-state index >= 15 is 0 Å². The van der Waals surface area contributed by atoms with Crippen molar-refractivity contribution in [3.8, 4) is 11.4 Å². The predicted molar refractivity (Wildman–Crippen MR) is 139 cm³/mol. The number of nitrogens with zero attached hydrogens (tertiary/aromatic N) is 5. The van der Waals surface area contributed by atoms with Gasteiger partial charge in [-0.15, -0.1) is 10.2 Å². The fraction of sp³-hybridized carbons (Fsp3) is 0.407. The molecule has 0 radical (unpaired) electrons. The van der Waals surface area contributed by atoms with E-state index in [9.17, 15) is 9.59 Å². The molecule has 1 saturated heterocycles. The molecular weight excluding hydrogens is 458 g/mol. The molecule has 8 heteroatoms. The van der Waals surface area contributed by atoms with E-state index in [0.29, 0.717) is 38.4 Å². The number of benzene rings is 2. The third-order valence-electron chi connectivity index (χ3n) is 6.43. The van der Waals surface area contributed by atoms with Crippen LogP contribution in [0.5, 0.6) is 0 Å². The van der Waals surface area contributed by atoms with Gasteiger partial charge in [-0.3, -0.25) is 9.59 Å². The van der Waals surface area contributed by atoms with E-state index in [2.05, 4.69) is 46.8 Å². The maximum atomic E-state index is 12.9. The molecule has 1 aromatic heterocycles. The summed E-state index contributed by atoms with van der Waals surface area (Å²) in [6.45, 7) is 7.23. The van der Waals surface area contributed by atoms with Crippen LogP contribution in [-0.2, 0) is 22.6 Å². The van der Waals surface area contributed by atoms with Crippen molar-refractivity contribution in [2.45, 2.75) is 44.8 Å². The number of rotatable bonds is 9. The van der Waals surface area contributed by atoms with Gasteiger partial charge in [0.2, 0.25) is 11.8 Å². The lowest BCUT2D eigenvalue weighted by Crippen LogP contribution is -2.51. The predicted octanol–water partition coefficient (Wildman–Crippen LogP) is 4.06. The smallest absolute Gasteiger partial charge is 0.233 e. The fourth-order valence-corrected chi connectivity index (χ4v) is 5.28. The van der Waals surface area contributed by atoms with Crippen molar-refractivity contribution in [2.24, 2.45) is 0 Å². The summed E-state index contributed by atoms with van der Waals surface area (Å²) in [7, 11) is 0. The van der Waals surface area contributed by atoms with Gasteiger partial charge in [-0.1, -0.05) is 66.4 Å². The Hall–Kier alpha value is -3.13. The van der Waals surface area contributed by atoms with Crippen LogP contribution in [0.1, 0.15) is 30.9 Å². The summed E-state index contributed by atoms with van der Waals surface area (Å²) in [6, 6.07) is 18.4. The standard InChI is InChI=1S/C27H33N5O2S/c1-3-32-26(23-14-8-7-10-21(23)2)28-29-27(32)35-20-25(34)31-18-16-30(17-19-31)24(33)15-9-13-22-11-5-4-6-12-22/h4-8,10-12,14H,3,9,13,15-20H2,1-2H3. The van der Waals surface area contributed by atoms with Crippen LogP contribution in [0.4, 0.5) is 0 Å². The van der Waals surface area contributed by atoms with Gasteiger partial charge in [0, 0.05) is 44.7 Å². The Morgan fingerprint density at radius 3 is 2.23 bits per heavy atom. The highest BCUT2D eigenvalue weighted by Crippen LogP contribution is 2.26. The zero-order valence-electron chi connectivity index (χ0n) is 20.5. The lowest BCUT2D eigenvalue weighted by molar-refractivity contribution is -0.138. The van der Waals surface area contributed by atoms with Gasteiger partial charge < -0.3 is 14.4 Å². The van der Waals surface area contributed by atoms with E-state index in [-0.39, 0.29) is 11.8 Å². The molecule has 2 amide bonds. The Bertz CT molecular complexity index is 1140. The molecule has 2 heterocycles. The minimum Gasteiger partial charge on any atom is -0.339 e. The van der Waals surface area contributed by atoms with E-state index < -0.39 is 0 Å². The minimum absolute atomic E-state index is 0.0780. The summed E-state index contributed by atoms with van der Waals surface area (Å²) in [5, 5.41) is 9.52. The monoisotopic (exact) mass is 491 g/mol. The lowest BCUT2D eigenvalue weighted by Gasteiger charge is -2.34. The fourth-order valence-electron chi connectivity index (χ4n) is 4.37. The van der Waals surface area contributed by atoms with Crippen LogP contribution in [-0.4, -0.2) is 68.3 Å². The van der Waals surface area contributed by atoms with Crippen molar-refractivity contribution >= 4 is 23.6 Å². The second-order valence-electron chi connectivity index (χ2n) is 8.75. The molecule has 1 aliphatic heterocycles. The van der Waals surface area contributed by atoms with E-state index in [1.165, 1.54) is 17.3 Å². The van der Waals surface area contributed by atoms with Crippen LogP contribution >= 0.6 is 11.8 Å². The van der Waals surface area contributed by atoms with E-state index in [1.807, 2.05) is 46.2 Å². The van der Waals surface area contributed by atoms with Gasteiger partial charge in [-0.2, -0.15) is 0 Å². The Morgan fingerprint density at radius 1 is 0.886 bits per heavy atom. The quantitative estimate of drug-likeness (QED) is 0.422. The molecular formula is C27H33N5O2S. The Kier molecular flexibility index (Phi) is 8.58. The number of piperazine rings is 1. The molecule has 1 aliphatic rings. The summed E-state index contributed by atoms with van der Waals surface area (Å²) < 4.78 is 2.06. The first-order valence-electron chi connectivity index (χ1n) is 12.3. The number of carbonyl (C=O) groups excluding carboxylic acids is 2. The van der Waals surface area contributed by atoms with E-state index in [1.54, 1.807) is 0 Å². The van der Waals surface area contributed by atoms with Crippen LogP contribution in [0.2, 0.25) is 0 Å². The molecule has 0 aliphatic carbocycles. The van der Waals surface area contributed by atoms with Crippen LogP contribution < -0.4 is 0 Å². The van der Waals surface area contributed by atoms with Gasteiger partial charge >= 0.3 is 0 Å². The molecule has 3 aromatic rings. The van der Waals surface area contributed by atoms with Crippen molar-refractivity contribution in [1.82, 2.24) is 24.6 Å². The van der Waals surface area contributed by atoms with E-state index in [0.717, 1.165) is 41.5 Å². The van der Waals surface area contributed by atoms with Crippen molar-refractivity contribution in [3.05, 3.63) is 65.7 Å². The maximum absolute atomic E-state index is 12.9. The van der Waals surface area contributed by atoms with E-state index in [4.69, 9.17) is 0 Å². The summed E-state index contributed by atoms with van der Waals surface area (Å²) in [6.07, 6.45) is 2.31. The lowest BCUT2D eigenvalue weighted by atomic mass is 10.1. The minimum atomic E-state index is 0.0780. The summed E-state index contributed by atoms with van der Waals surface area (Å²) in [5.41, 5.74) is 3.47. The molecule has 35 heavy (non-hydrogen) atoms. The molecule has 1 fully saturated rings. The van der Waals surface area contributed by atoms with Crippen LogP contribution in [0, 0.1) is 6.92 Å². The maximum Gasteiger partial charge on any atom is 0.233 e. The SMILES string of the molecule is CCn1c(SCC(=O)N2CCN(C(=O)CCCc3ccccc3)CC2)nnc1-c1ccccc1C. The third-order valence-corrected chi connectivity index (χ3v) is 7.38. The normalized spacial score (nSPS) is 13.8. The highest BCUT2D eigenvalue weighted by molar-refractivity contribution is 7.99. The topological polar surface area (TPSA) is 71.3 Å². The van der Waals surface area contributed by atoms with Gasteiger partial charge in [-0.05, 0) is 37.8 Å². The number of hydrogen-bond acceptors (Lipinski definition) is 5. The molecule has 0 spiro atoms. The molecule has 0 bridgehead atoms. The third kappa shape index (κ3) is 6.31. The number of carbonyl (C=O) groups is 2. The number of amides is 2. The van der Waals surface area contributed by atoms with Gasteiger partial charge in [0.25, 0.3) is 0 Å². The number of aromatic nitrogens is 3. The number of hydrogen-bond donors (Lipinski definition) is 0. The van der Waals surface area contributed by atoms with Crippen LogP contribution in [0.3, 0.4) is 0 Å². The first-order valence-corrected chi connectivity index (χ1v) is 13.3. The largest absolute Gasteiger partial charge is 0.339 e. The van der Waals surface area contributed by atoms with Crippen molar-refractivity contribution in [3.63, 3.8) is 0 Å². The first kappa shape index (κ1) is 25.0. The van der Waals surface area contributed by atoms with Gasteiger partial charge in [0.1, 0.15) is 0 Å². The molecule has 7 nitrogen and oxygen atoms in total. The first-order chi connectivity index (χ1) is 17.1. The molecule has 0 saturated carbocycles. The van der Waals surface area contributed by atoms with Crippen LogP contribution in [0.25, 0.3) is 11.4 Å². The summed E-state index contributed by atoms with van der Waals surface area (Å²) >= 11 is 1.43. The molecule has 0 N–H and O–H groups in total. The highest BCUT2D eigenvalue weighted by Gasteiger charge is 2.24. The summed E-state index contributed by atoms with van der Waals surface area (Å²) in [4.78, 5) is 29.2. The van der Waals surface area contributed by atoms with Crippen molar-refractivity contribution < 1.29 is 9.59 Å². The van der Waals surface area contributed by atoms with Crippen molar-refractivity contribution in [2.75, 3.05) is 31.9 Å². The number of thioether (sulfide) groups is 1. The van der Waals surface area contributed by atoms with Gasteiger partial charge in [0.05, 0.1) is 5.75 Å². The highest BCUT2D eigenvalue weighted by atomic mass is 32.2. The zero-order chi connectivity index (χ0) is 24.6. The second-order valence-corrected chi connectivity index (χ2v) is 9.70. The Morgan fingerprint density at radius 2 is 1.54 bits per heavy atom. The summed E-state index contributed by atoms with van der Waals surface area (Å²) in [5.74, 6) is 1.41. The molecule has 184 valence electrons. The molecule has 2 aromatic carbocycles. The Labute approximate surface area is 211 Å². The Balaban J connectivity index is 1.24. The molecule has 0 unspecified atom stereocenters. The van der Waals surface area contributed by atoms with Crippen LogP contribution in [0.15, 0.2) is 59.8 Å². The molecule has 0 atom stereocenters. The average Bonchev–Trinajstić information content (AvgIpc) is 3.31.